The summed E-state index contributed by atoms with van der Waals surface area (Å²) in [6.45, 7) is 1.43. The van der Waals surface area contributed by atoms with Crippen molar-refractivity contribution in [3.63, 3.8) is 0 Å². The molecule has 19 heteroatoms. The molecule has 0 bridgehead atoms. The minimum atomic E-state index is -1.97. The van der Waals surface area contributed by atoms with E-state index >= 15 is 0 Å². The molecule has 3 rings (SSSR count). The van der Waals surface area contributed by atoms with Crippen LogP contribution in [0.1, 0.15) is 129 Å². The Morgan fingerprint density at radius 2 is 0.972 bits per heavy atom. The Bertz CT molecular complexity index is 1540. The van der Waals surface area contributed by atoms with Gasteiger partial charge in [-0.2, -0.15) is 0 Å². The number of carbonyl (C=O) groups excluding carboxylic acids is 1. The van der Waals surface area contributed by atoms with Crippen molar-refractivity contribution in [3.05, 3.63) is 60.8 Å². The summed E-state index contributed by atoms with van der Waals surface area (Å²) in [6, 6.07) is -0.891. The highest BCUT2D eigenvalue weighted by Crippen LogP contribution is 2.33. The molecule has 3 aliphatic heterocycles. The molecule has 12 N–H and O–H groups in total. The van der Waals surface area contributed by atoms with Crippen molar-refractivity contribution in [2.45, 2.75) is 234 Å². The average Bonchev–Trinajstić information content (AvgIpc) is 3.36. The fraction of sp³-hybridized carbons (Fsp3) is 0.788. The maximum Gasteiger partial charge on any atom is 0.220 e. The predicted molar refractivity (Wildman–Crippen MR) is 263 cm³/mol. The average molecular weight is 1020 g/mol. The third-order valence-corrected chi connectivity index (χ3v) is 12.9. The van der Waals surface area contributed by atoms with Crippen LogP contribution in [0.5, 0.6) is 0 Å². The molecule has 71 heavy (non-hydrogen) atoms. The molecule has 0 aromatic heterocycles. The zero-order valence-electron chi connectivity index (χ0n) is 41.9. The van der Waals surface area contributed by atoms with Gasteiger partial charge in [-0.1, -0.05) is 126 Å². The first-order valence-corrected chi connectivity index (χ1v) is 26.0. The van der Waals surface area contributed by atoms with Crippen molar-refractivity contribution in [3.8, 4) is 0 Å². The van der Waals surface area contributed by atoms with E-state index in [1.165, 1.54) is 0 Å². The predicted octanol–water partition coefficient (Wildman–Crippen LogP) is 2.14. The number of hydrogen-bond donors (Lipinski definition) is 12. The largest absolute Gasteiger partial charge is 0.394 e. The Labute approximate surface area is 420 Å². The van der Waals surface area contributed by atoms with Crippen LogP contribution in [0.2, 0.25) is 0 Å². The summed E-state index contributed by atoms with van der Waals surface area (Å²) in [4.78, 5) is 13.1. The van der Waals surface area contributed by atoms with Gasteiger partial charge in [0.2, 0.25) is 5.91 Å². The van der Waals surface area contributed by atoms with Crippen molar-refractivity contribution in [2.75, 3.05) is 26.4 Å². The zero-order chi connectivity index (χ0) is 52.0. The van der Waals surface area contributed by atoms with Gasteiger partial charge in [-0.25, -0.2) is 0 Å². The number of nitrogens with one attached hydrogen (secondary N) is 1. The van der Waals surface area contributed by atoms with E-state index < -0.39 is 124 Å². The fourth-order valence-electron chi connectivity index (χ4n) is 8.51. The Morgan fingerprint density at radius 3 is 1.49 bits per heavy atom. The van der Waals surface area contributed by atoms with E-state index in [2.05, 4.69) is 73.0 Å². The lowest BCUT2D eigenvalue weighted by molar-refractivity contribution is -0.379. The summed E-state index contributed by atoms with van der Waals surface area (Å²) in [7, 11) is 0. The summed E-state index contributed by atoms with van der Waals surface area (Å²) < 4.78 is 33.9. The van der Waals surface area contributed by atoms with Gasteiger partial charge in [0.25, 0.3) is 0 Å². The number of ether oxygens (including phenoxy) is 6. The van der Waals surface area contributed by atoms with Gasteiger partial charge in [0, 0.05) is 6.42 Å². The van der Waals surface area contributed by atoms with Gasteiger partial charge < -0.3 is 89.9 Å². The highest BCUT2D eigenvalue weighted by Gasteiger charge is 2.53. The highest BCUT2D eigenvalue weighted by molar-refractivity contribution is 5.76. The summed E-state index contributed by atoms with van der Waals surface area (Å²) in [5.41, 5.74) is 0. The number of aliphatic hydroxyl groups excluding tert-OH is 11. The smallest absolute Gasteiger partial charge is 0.220 e. The molecule has 19 nitrogen and oxygen atoms in total. The molecule has 0 radical (unpaired) electrons. The highest BCUT2D eigenvalue weighted by atomic mass is 16.8. The second kappa shape index (κ2) is 36.4. The maximum absolute atomic E-state index is 13.1. The summed E-state index contributed by atoms with van der Waals surface area (Å²) >= 11 is 0. The molecule has 0 aliphatic carbocycles. The number of unbranched alkanes of at least 4 members (excludes halogenated alkanes) is 9. The van der Waals surface area contributed by atoms with Crippen molar-refractivity contribution >= 4 is 5.91 Å². The second-order valence-corrected chi connectivity index (χ2v) is 18.6. The van der Waals surface area contributed by atoms with E-state index in [9.17, 15) is 61.0 Å². The molecule has 3 saturated heterocycles. The normalized spacial score (nSPS) is 32.8. The SMILES string of the molecule is CC/C=C\C/C=C\C/C=C\C/C=C\C/C=C\CCCCCCCCCC(=O)NC(COC1OC(CO)C(OC2OC(CO)C(OC3OC(CO)C(O)C(O)C3O)C(O)C2O)C(O)C1O)C(O)CCCCC. The van der Waals surface area contributed by atoms with Crippen molar-refractivity contribution in [1.82, 2.24) is 5.32 Å². The van der Waals surface area contributed by atoms with Gasteiger partial charge in [0.05, 0.1) is 38.6 Å². The van der Waals surface area contributed by atoms with Crippen LogP contribution in [0.15, 0.2) is 60.8 Å². The lowest BCUT2D eigenvalue weighted by Crippen LogP contribution is -2.66. The Balaban J connectivity index is 1.40. The number of aliphatic hydroxyl groups is 11. The minimum Gasteiger partial charge on any atom is -0.394 e. The molecule has 3 heterocycles. The van der Waals surface area contributed by atoms with Crippen molar-refractivity contribution < 1.29 is 89.4 Å². The zero-order valence-corrected chi connectivity index (χ0v) is 41.9. The molecule has 0 spiro atoms. The van der Waals surface area contributed by atoms with Crippen LogP contribution in [-0.4, -0.2) is 193 Å². The molecule has 17 atom stereocenters. The van der Waals surface area contributed by atoms with E-state index in [0.717, 1.165) is 89.9 Å². The quantitative estimate of drug-likeness (QED) is 0.0320. The topological polar surface area (TPSA) is 307 Å². The minimum absolute atomic E-state index is 0.247. The van der Waals surface area contributed by atoms with Gasteiger partial charge in [-0.15, -0.1) is 0 Å². The summed E-state index contributed by atoms with van der Waals surface area (Å²) in [6.07, 6.45) is 11.6. The summed E-state index contributed by atoms with van der Waals surface area (Å²) in [5.74, 6) is -0.271. The lowest BCUT2D eigenvalue weighted by Gasteiger charge is -2.48. The van der Waals surface area contributed by atoms with Crippen LogP contribution >= 0.6 is 0 Å². The third kappa shape index (κ3) is 22.1. The molecular formula is C52H89NO18. The Hall–Kier alpha value is -2.51. The molecule has 3 fully saturated rings. The number of hydrogen-bond acceptors (Lipinski definition) is 18. The second-order valence-electron chi connectivity index (χ2n) is 18.6. The summed E-state index contributed by atoms with van der Waals surface area (Å²) in [5, 5.41) is 119. The molecule has 0 aromatic rings. The number of rotatable bonds is 35. The van der Waals surface area contributed by atoms with E-state index in [1.807, 2.05) is 6.92 Å². The van der Waals surface area contributed by atoms with Crippen LogP contribution < -0.4 is 5.32 Å². The van der Waals surface area contributed by atoms with Gasteiger partial charge >= 0.3 is 0 Å². The standard InChI is InChI=1S/C52H89NO18/c1-3-5-7-8-9-10-11-12-13-14-15-16-17-18-19-20-21-22-23-24-25-26-28-30-40(58)53-35(36(57)29-27-6-4-2)34-66-50-46(64)43(61)48(38(32-55)68-50)71-52-47(65)44(62)49(39(33-56)69-52)70-51-45(63)42(60)41(59)37(31-54)67-51/h5,7,9-10,12-13,15-16,18-19,35-39,41-52,54-57,59-65H,3-4,6,8,11,14,17,20-34H2,1-2H3,(H,53,58)/b7-5-,10-9-,13-12-,16-15-,19-18-. The van der Waals surface area contributed by atoms with E-state index in [0.29, 0.717) is 19.3 Å². The van der Waals surface area contributed by atoms with Crippen LogP contribution in [0.25, 0.3) is 0 Å². The lowest BCUT2D eigenvalue weighted by atomic mass is 9.96. The van der Waals surface area contributed by atoms with E-state index in [1.54, 1.807) is 0 Å². The number of allylic oxidation sites excluding steroid dienone is 10. The molecule has 1 amide bonds. The van der Waals surface area contributed by atoms with Crippen LogP contribution in [-0.2, 0) is 33.2 Å². The van der Waals surface area contributed by atoms with Gasteiger partial charge in [-0.3, -0.25) is 4.79 Å². The molecule has 17 unspecified atom stereocenters. The van der Waals surface area contributed by atoms with Crippen LogP contribution in [0.3, 0.4) is 0 Å². The monoisotopic (exact) mass is 1020 g/mol. The van der Waals surface area contributed by atoms with Gasteiger partial charge in [-0.05, 0) is 57.8 Å². The first kappa shape index (κ1) is 62.8. The van der Waals surface area contributed by atoms with E-state index in [-0.39, 0.29) is 18.9 Å². The molecule has 3 aliphatic rings. The molecule has 410 valence electrons. The van der Waals surface area contributed by atoms with Gasteiger partial charge in [0.1, 0.15) is 73.2 Å². The maximum atomic E-state index is 13.1. The Kier molecular flexibility index (Phi) is 32.2. The van der Waals surface area contributed by atoms with Gasteiger partial charge in [0.15, 0.2) is 18.9 Å². The third-order valence-electron chi connectivity index (χ3n) is 12.9. The Morgan fingerprint density at radius 1 is 0.521 bits per heavy atom. The molecule has 0 saturated carbocycles. The number of amides is 1. The van der Waals surface area contributed by atoms with Crippen LogP contribution in [0.4, 0.5) is 0 Å². The first-order chi connectivity index (χ1) is 34.3. The van der Waals surface area contributed by atoms with Crippen LogP contribution in [0, 0.1) is 0 Å². The first-order valence-electron chi connectivity index (χ1n) is 26.0. The van der Waals surface area contributed by atoms with E-state index in [4.69, 9.17) is 28.4 Å². The van der Waals surface area contributed by atoms with Crippen molar-refractivity contribution in [2.24, 2.45) is 0 Å². The van der Waals surface area contributed by atoms with Crippen molar-refractivity contribution in [1.29, 1.82) is 0 Å². The molecular weight excluding hydrogens is 927 g/mol. The molecule has 0 aromatic carbocycles. The number of carbonyl (C=O) groups is 1. The fourth-order valence-corrected chi connectivity index (χ4v) is 8.51.